The first-order valence-electron chi connectivity index (χ1n) is 46.6. The van der Waals surface area contributed by atoms with Crippen LogP contribution in [0.1, 0.15) is 496 Å². The minimum absolute atomic E-state index is 0. The Balaban J connectivity index is -0.0000000404. The molecule has 0 aromatic heterocycles. The molecule has 0 aliphatic rings. The Hall–Kier alpha value is -3.68. The summed E-state index contributed by atoms with van der Waals surface area (Å²) in [5.41, 5.74) is 7.57. The fourth-order valence-electron chi connectivity index (χ4n) is 7.19. The summed E-state index contributed by atoms with van der Waals surface area (Å²) in [6, 6.07) is 0. The first kappa shape index (κ1) is 194. The molecule has 0 radical (unpaired) electrons. The van der Waals surface area contributed by atoms with Crippen molar-refractivity contribution in [2.45, 2.75) is 520 Å². The fourth-order valence-corrected chi connectivity index (χ4v) is 7.19. The highest BCUT2D eigenvalue weighted by Crippen LogP contribution is 2.31. The Morgan fingerprint density at radius 1 is 0.183 bits per heavy atom. The van der Waals surface area contributed by atoms with Gasteiger partial charge in [-0.25, -0.2) is 35.1 Å². The Labute approximate surface area is 834 Å². The second kappa shape index (κ2) is 113. The summed E-state index contributed by atoms with van der Waals surface area (Å²) >= 11 is 0. The molecule has 0 N–H and O–H groups in total. The van der Waals surface area contributed by atoms with Crippen LogP contribution in [-0.2, 0) is 0 Å². The van der Waals surface area contributed by atoms with Crippen molar-refractivity contribution in [2.75, 3.05) is 0 Å². The Bertz CT molecular complexity index is 2380. The quantitative estimate of drug-likeness (QED) is 0.0465. The maximum Gasteiger partial charge on any atom is 0.268 e. The van der Waals surface area contributed by atoms with E-state index in [0.29, 0.717) is 59.2 Å². The van der Waals surface area contributed by atoms with E-state index in [4.69, 9.17) is 0 Å². The van der Waals surface area contributed by atoms with Crippen LogP contribution in [0.15, 0.2) is 143 Å². The van der Waals surface area contributed by atoms with Gasteiger partial charge in [0.05, 0.1) is 0 Å². The van der Waals surface area contributed by atoms with E-state index >= 15 is 0 Å². The third kappa shape index (κ3) is 173. The van der Waals surface area contributed by atoms with Gasteiger partial charge in [-0.2, -0.15) is 0 Å². The lowest BCUT2D eigenvalue weighted by Gasteiger charge is -2.18. The normalized spacial score (nSPS) is 12.0. The highest BCUT2D eigenvalue weighted by atomic mass is 19.3. The number of hydrogen-bond acceptors (Lipinski definition) is 0. The molecule has 0 nitrogen and oxygen atoms in total. The van der Waals surface area contributed by atoms with E-state index in [2.05, 4.69) is 322 Å². The second-order valence-corrected chi connectivity index (χ2v) is 41.0. The van der Waals surface area contributed by atoms with Crippen LogP contribution in [0.3, 0.4) is 0 Å². The lowest BCUT2D eigenvalue weighted by Crippen LogP contribution is -2.21. The molecular formula is C123H264F8. The molecule has 0 aliphatic heterocycles. The molecule has 0 bridgehead atoms. The Kier molecular flexibility index (Phi) is 168. The minimum atomic E-state index is -2.66. The summed E-state index contributed by atoms with van der Waals surface area (Å²) in [6.45, 7) is 111. The standard InChI is InChI=1S/2C10H18F2.2C10H20.2C9H16F2.4C9H18.2C8H16.13CH4/c2*1-7(2)9(5)6-10(11,12)8(3)4;2*1-8(2)6-7-10(5)9(3)4;2*1-7(2)5-6-9(10,11)8(3)4;2*1-7(2)6-9(5)8(3)4;2*1-8(2)6-5-7-9(3)4;2*1-7(2)5-6-8(3)4;;;;;;;;;;;;;/h2*6-8H,1-5H3;2*7-9H,6H2,1-5H3;2*5-8H,1-4H3;2*6-8H,1-5H3;2*5-6,8-9H,7H2,1-4H3;2*5-8H,1-4H3;13*1H4/b9-6+;9-6-;10-7+;10-7-;6-5+;6-5-;9-6+;9-6-;6-5+;6-5-;6-5+;6-5-;;;;;;;;;;;;;. The predicted molar refractivity (Wildman–Crippen MR) is 619 cm³/mol. The first-order chi connectivity index (χ1) is 52.9. The Morgan fingerprint density at radius 2 is 0.336 bits per heavy atom. The number of alkyl halides is 8. The summed E-state index contributed by atoms with van der Waals surface area (Å²) in [6.07, 6.45) is 39.6. The van der Waals surface area contributed by atoms with E-state index < -0.39 is 47.4 Å². The van der Waals surface area contributed by atoms with Gasteiger partial charge in [-0.1, -0.05) is 547 Å². The fraction of sp³-hybridized carbons (Fsp3) is 0.805. The molecule has 0 aromatic rings. The summed E-state index contributed by atoms with van der Waals surface area (Å²) in [5, 5.41) is 0. The molecule has 131 heavy (non-hydrogen) atoms. The van der Waals surface area contributed by atoms with E-state index in [1.54, 1.807) is 26.0 Å². The van der Waals surface area contributed by atoms with Crippen LogP contribution in [0, 0.1) is 142 Å². The largest absolute Gasteiger partial charge is 0.268 e. The maximum atomic E-state index is 13.1. The summed E-state index contributed by atoms with van der Waals surface area (Å²) in [7, 11) is 0. The van der Waals surface area contributed by atoms with Gasteiger partial charge in [-0.05, 0) is 210 Å². The van der Waals surface area contributed by atoms with Crippen molar-refractivity contribution in [1.29, 1.82) is 0 Å². The zero-order chi connectivity index (χ0) is 96.9. The van der Waals surface area contributed by atoms with Gasteiger partial charge in [0.15, 0.2) is 0 Å². The van der Waals surface area contributed by atoms with E-state index in [9.17, 15) is 35.1 Å². The Morgan fingerprint density at radius 3 is 0.443 bits per heavy atom. The monoisotopic (exact) mass is 1890 g/mol. The molecule has 0 spiro atoms. The molecule has 0 aliphatic carbocycles. The van der Waals surface area contributed by atoms with Crippen molar-refractivity contribution in [1.82, 2.24) is 0 Å². The molecule has 0 fully saturated rings. The zero-order valence-corrected chi connectivity index (χ0v) is 89.1. The predicted octanol–water partition coefficient (Wildman–Crippen LogP) is 49.0. The minimum Gasteiger partial charge on any atom is -0.202 e. The number of hydrogen-bond donors (Lipinski definition) is 0. The van der Waals surface area contributed by atoms with Gasteiger partial charge in [0.25, 0.3) is 23.7 Å². The van der Waals surface area contributed by atoms with Crippen LogP contribution in [0.5, 0.6) is 0 Å². The van der Waals surface area contributed by atoms with E-state index in [1.165, 1.54) is 103 Å². The van der Waals surface area contributed by atoms with Crippen LogP contribution in [0.2, 0.25) is 0 Å². The molecule has 0 aromatic carbocycles. The van der Waals surface area contributed by atoms with Gasteiger partial charge in [-0.15, -0.1) is 0 Å². The molecule has 812 valence electrons. The van der Waals surface area contributed by atoms with E-state index in [0.717, 1.165) is 71.0 Å². The van der Waals surface area contributed by atoms with Crippen LogP contribution >= 0.6 is 0 Å². The van der Waals surface area contributed by atoms with Crippen molar-refractivity contribution in [3.8, 4) is 0 Å². The summed E-state index contributed by atoms with van der Waals surface area (Å²) in [5.74, 6) is -0.551. The maximum absolute atomic E-state index is 13.1. The molecule has 0 saturated heterocycles. The van der Waals surface area contributed by atoms with Crippen LogP contribution in [-0.4, -0.2) is 23.7 Å². The van der Waals surface area contributed by atoms with E-state index in [1.807, 2.05) is 55.4 Å². The van der Waals surface area contributed by atoms with Gasteiger partial charge in [0.1, 0.15) is 0 Å². The zero-order valence-electron chi connectivity index (χ0n) is 89.1. The van der Waals surface area contributed by atoms with Gasteiger partial charge < -0.3 is 0 Å². The average Bonchev–Trinajstić information content (AvgIpc) is 0.875. The van der Waals surface area contributed by atoms with Crippen molar-refractivity contribution >= 4 is 0 Å². The van der Waals surface area contributed by atoms with Crippen molar-refractivity contribution in [2.24, 2.45) is 142 Å². The van der Waals surface area contributed by atoms with Crippen molar-refractivity contribution in [3.63, 3.8) is 0 Å². The molecule has 8 heteroatoms. The van der Waals surface area contributed by atoms with Crippen LogP contribution in [0.4, 0.5) is 35.1 Å². The number of allylic oxidation sites excluding steroid dienone is 24. The molecule has 0 unspecified atom stereocenters. The van der Waals surface area contributed by atoms with Crippen LogP contribution in [0.25, 0.3) is 0 Å². The molecule has 0 atom stereocenters. The van der Waals surface area contributed by atoms with Crippen LogP contribution < -0.4 is 0 Å². The third-order valence-electron chi connectivity index (χ3n) is 17.8. The number of halogens is 8. The topological polar surface area (TPSA) is 0 Å². The van der Waals surface area contributed by atoms with Gasteiger partial charge >= 0.3 is 0 Å². The first-order valence-corrected chi connectivity index (χ1v) is 46.6. The summed E-state index contributed by atoms with van der Waals surface area (Å²) in [4.78, 5) is 0. The highest BCUT2D eigenvalue weighted by molar-refractivity contribution is 5.10. The molecular weight excluding hydrogens is 1630 g/mol. The molecule has 0 rings (SSSR count). The lowest BCUT2D eigenvalue weighted by molar-refractivity contribution is 0.00463. The smallest absolute Gasteiger partial charge is 0.202 e. The lowest BCUT2D eigenvalue weighted by atomic mass is 9.98. The van der Waals surface area contributed by atoms with Gasteiger partial charge in [0, 0.05) is 23.7 Å². The van der Waals surface area contributed by atoms with Gasteiger partial charge in [0.2, 0.25) is 0 Å². The van der Waals surface area contributed by atoms with Crippen molar-refractivity contribution in [3.05, 3.63) is 143 Å². The molecule has 0 heterocycles. The third-order valence-corrected chi connectivity index (χ3v) is 17.8. The van der Waals surface area contributed by atoms with E-state index in [-0.39, 0.29) is 120 Å². The molecule has 0 saturated carbocycles. The second-order valence-electron chi connectivity index (χ2n) is 41.0. The SMILES string of the molecule is C.C.C.C.C.C.C.C.C.C.C.C.C.C/C(=C/C(C)C)C(C)C.C/C(=C/C(F)(F)C(C)C)C(C)C.C/C(=C/CC(C)C)C(C)C.C/C(=C\C(C)C)C(C)C.C/C(=C\C(F)(F)C(C)C)C(C)C.C/C(=C\CC(C)C)C(C)C.CC(C)/C=C/C(C)C.CC(C)/C=C/C(F)(F)C(C)C.CC(C)/C=C/CC(C)C.CC(C)/C=C\C(C)C.CC(C)/C=C\C(F)(F)C(C)C.CC(C)/C=C\CC(C)C. The molecule has 0 amide bonds. The average molecular weight is 1900 g/mol. The summed E-state index contributed by atoms with van der Waals surface area (Å²) < 4.78 is 104. The highest BCUT2D eigenvalue weighted by Gasteiger charge is 2.32. The van der Waals surface area contributed by atoms with Crippen molar-refractivity contribution < 1.29 is 35.1 Å². The van der Waals surface area contributed by atoms with Gasteiger partial charge in [-0.3, -0.25) is 0 Å². The number of rotatable bonds is 32.